The Morgan fingerprint density at radius 1 is 1.40 bits per heavy atom. The van der Waals surface area contributed by atoms with Gasteiger partial charge in [-0.3, -0.25) is 4.79 Å². The molecule has 2 bridgehead atoms. The Hall–Kier alpha value is -1.16. The molecule has 3 aliphatic rings. The lowest BCUT2D eigenvalue weighted by Gasteiger charge is -2.22. The van der Waals surface area contributed by atoms with E-state index in [0.29, 0.717) is 17.8 Å². The predicted molar refractivity (Wildman–Crippen MR) is 79.3 cm³/mol. The van der Waals surface area contributed by atoms with Crippen LogP contribution in [0.1, 0.15) is 42.4 Å². The molecule has 1 heterocycles. The Balaban J connectivity index is 1.48. The highest BCUT2D eigenvalue weighted by Crippen LogP contribution is 2.45. The average Bonchev–Trinajstić information content (AvgIpc) is 2.86. The van der Waals surface area contributed by atoms with Gasteiger partial charge in [-0.15, -0.1) is 11.3 Å². The van der Waals surface area contributed by atoms with E-state index >= 15 is 0 Å². The van der Waals surface area contributed by atoms with Crippen molar-refractivity contribution in [2.45, 2.75) is 38.6 Å². The minimum atomic E-state index is 0.157. The normalized spacial score (nSPS) is 32.5. The van der Waals surface area contributed by atoms with Crippen molar-refractivity contribution in [3.05, 3.63) is 28.2 Å². The third-order valence-corrected chi connectivity index (χ3v) is 5.96. The Morgan fingerprint density at radius 3 is 2.80 bits per heavy atom. The van der Waals surface area contributed by atoms with Crippen LogP contribution in [0, 0.1) is 30.6 Å². The molecule has 0 aromatic carbocycles. The number of allylic oxidation sites excluding steroid dienone is 2. The largest absolute Gasteiger partial charge is 0.346 e. The van der Waals surface area contributed by atoms with Crippen molar-refractivity contribution in [2.75, 3.05) is 0 Å². The fraction of sp³-hybridized carbons (Fsp3) is 0.625. The third-order valence-electron chi connectivity index (χ3n) is 4.91. The Labute approximate surface area is 123 Å². The van der Waals surface area contributed by atoms with Crippen molar-refractivity contribution >= 4 is 17.2 Å². The lowest BCUT2D eigenvalue weighted by Crippen LogP contribution is -2.36. The monoisotopic (exact) mass is 288 g/mol. The van der Waals surface area contributed by atoms with Gasteiger partial charge in [-0.2, -0.15) is 0 Å². The zero-order chi connectivity index (χ0) is 13.7. The SMILES string of the molecule is Cc1csc([C@@H](NC(=O)[C@H]2C[C@H]3C=C[C@H]2C3)C2CC2)n1. The summed E-state index contributed by atoms with van der Waals surface area (Å²) in [4.78, 5) is 17.2. The number of amides is 1. The van der Waals surface area contributed by atoms with Crippen LogP contribution >= 0.6 is 11.3 Å². The van der Waals surface area contributed by atoms with Gasteiger partial charge in [0.2, 0.25) is 5.91 Å². The predicted octanol–water partition coefficient (Wildman–Crippen LogP) is 3.23. The summed E-state index contributed by atoms with van der Waals surface area (Å²) in [6.07, 6.45) is 9.21. The molecule has 2 fully saturated rings. The van der Waals surface area contributed by atoms with Crippen LogP contribution in [0.2, 0.25) is 0 Å². The van der Waals surface area contributed by atoms with Gasteiger partial charge in [-0.05, 0) is 50.4 Å². The number of carbonyl (C=O) groups excluding carboxylic acids is 1. The number of rotatable bonds is 4. The van der Waals surface area contributed by atoms with Crippen molar-refractivity contribution in [1.82, 2.24) is 10.3 Å². The van der Waals surface area contributed by atoms with Gasteiger partial charge < -0.3 is 5.32 Å². The molecular formula is C16H20N2OS. The van der Waals surface area contributed by atoms with Gasteiger partial charge in [-0.1, -0.05) is 12.2 Å². The molecule has 0 unspecified atom stereocenters. The number of hydrogen-bond donors (Lipinski definition) is 1. The number of nitrogens with zero attached hydrogens (tertiary/aromatic N) is 1. The van der Waals surface area contributed by atoms with E-state index in [1.807, 2.05) is 6.92 Å². The van der Waals surface area contributed by atoms with Gasteiger partial charge in [0.15, 0.2) is 0 Å². The summed E-state index contributed by atoms with van der Waals surface area (Å²) in [7, 11) is 0. The topological polar surface area (TPSA) is 42.0 Å². The summed E-state index contributed by atoms with van der Waals surface area (Å²) in [5.74, 6) is 2.20. The smallest absolute Gasteiger partial charge is 0.224 e. The van der Waals surface area contributed by atoms with E-state index in [0.717, 1.165) is 17.1 Å². The zero-order valence-electron chi connectivity index (χ0n) is 11.7. The number of carbonyl (C=O) groups is 1. The third kappa shape index (κ3) is 2.20. The summed E-state index contributed by atoms with van der Waals surface area (Å²) in [5, 5.41) is 6.49. The summed E-state index contributed by atoms with van der Waals surface area (Å²) in [6, 6.07) is 0.157. The van der Waals surface area contributed by atoms with Gasteiger partial charge in [0.1, 0.15) is 5.01 Å². The molecule has 3 nitrogen and oxygen atoms in total. The van der Waals surface area contributed by atoms with Gasteiger partial charge in [-0.25, -0.2) is 4.98 Å². The van der Waals surface area contributed by atoms with Gasteiger partial charge in [0.05, 0.1) is 6.04 Å². The quantitative estimate of drug-likeness (QED) is 0.864. The molecule has 0 radical (unpaired) electrons. The Kier molecular flexibility index (Phi) is 2.95. The second-order valence-corrected chi connectivity index (χ2v) is 7.43. The summed E-state index contributed by atoms with van der Waals surface area (Å²) in [6.45, 7) is 2.02. The molecule has 4 atom stereocenters. The maximum absolute atomic E-state index is 12.6. The van der Waals surface area contributed by atoms with Crippen LogP contribution < -0.4 is 5.32 Å². The van der Waals surface area contributed by atoms with E-state index in [1.165, 1.54) is 19.3 Å². The van der Waals surface area contributed by atoms with E-state index < -0.39 is 0 Å². The lowest BCUT2D eigenvalue weighted by molar-refractivity contribution is -0.126. The van der Waals surface area contributed by atoms with Crippen molar-refractivity contribution in [3.63, 3.8) is 0 Å². The van der Waals surface area contributed by atoms with Gasteiger partial charge in [0.25, 0.3) is 0 Å². The summed E-state index contributed by atoms with van der Waals surface area (Å²) in [5.41, 5.74) is 1.06. The number of thiazole rings is 1. The van der Waals surface area contributed by atoms with Gasteiger partial charge >= 0.3 is 0 Å². The second-order valence-electron chi connectivity index (χ2n) is 6.54. The molecule has 0 aliphatic heterocycles. The van der Waals surface area contributed by atoms with Crippen LogP contribution in [0.5, 0.6) is 0 Å². The molecule has 0 saturated heterocycles. The fourth-order valence-electron chi connectivity index (χ4n) is 3.67. The van der Waals surface area contributed by atoms with E-state index in [2.05, 4.69) is 27.8 Å². The highest BCUT2D eigenvalue weighted by atomic mass is 32.1. The first-order valence-corrected chi connectivity index (χ1v) is 8.49. The number of fused-ring (bicyclic) bond motifs is 2. The summed E-state index contributed by atoms with van der Waals surface area (Å²) >= 11 is 1.69. The van der Waals surface area contributed by atoms with E-state index in [-0.39, 0.29) is 17.9 Å². The molecule has 0 spiro atoms. The van der Waals surface area contributed by atoms with E-state index in [4.69, 9.17) is 0 Å². The molecule has 3 aliphatic carbocycles. The van der Waals surface area contributed by atoms with Gasteiger partial charge in [0, 0.05) is 17.0 Å². The first-order chi connectivity index (χ1) is 9.70. The van der Waals surface area contributed by atoms with Crippen LogP contribution in [0.3, 0.4) is 0 Å². The molecule has 4 heteroatoms. The number of aromatic nitrogens is 1. The highest BCUT2D eigenvalue weighted by molar-refractivity contribution is 7.09. The zero-order valence-corrected chi connectivity index (χ0v) is 12.5. The summed E-state index contributed by atoms with van der Waals surface area (Å²) < 4.78 is 0. The molecule has 1 N–H and O–H groups in total. The Bertz CT molecular complexity index is 561. The average molecular weight is 288 g/mol. The molecule has 1 aromatic heterocycles. The number of hydrogen-bond acceptors (Lipinski definition) is 3. The van der Waals surface area contributed by atoms with E-state index in [1.54, 1.807) is 11.3 Å². The van der Waals surface area contributed by atoms with Crippen molar-refractivity contribution < 1.29 is 4.79 Å². The molecule has 1 amide bonds. The molecule has 20 heavy (non-hydrogen) atoms. The fourth-order valence-corrected chi connectivity index (χ4v) is 4.61. The Morgan fingerprint density at radius 2 is 2.25 bits per heavy atom. The first kappa shape index (κ1) is 12.6. The van der Waals surface area contributed by atoms with E-state index in [9.17, 15) is 4.79 Å². The van der Waals surface area contributed by atoms with Crippen LogP contribution in [0.15, 0.2) is 17.5 Å². The number of nitrogens with one attached hydrogen (secondary N) is 1. The van der Waals surface area contributed by atoms with Crippen molar-refractivity contribution in [2.24, 2.45) is 23.7 Å². The maximum Gasteiger partial charge on any atom is 0.224 e. The molecule has 106 valence electrons. The van der Waals surface area contributed by atoms with Crippen molar-refractivity contribution in [1.29, 1.82) is 0 Å². The highest BCUT2D eigenvalue weighted by Gasteiger charge is 2.42. The standard InChI is InChI=1S/C16H20N2OS/c1-9-8-20-16(17-9)14(11-4-5-11)18-15(19)13-7-10-2-3-12(13)6-10/h2-3,8,10-14H,4-7H2,1H3,(H,18,19)/t10-,12-,13-,14-/m0/s1. The van der Waals surface area contributed by atoms with Crippen LogP contribution in [-0.4, -0.2) is 10.9 Å². The first-order valence-electron chi connectivity index (χ1n) is 7.61. The molecular weight excluding hydrogens is 268 g/mol. The molecule has 2 saturated carbocycles. The minimum absolute atomic E-state index is 0.157. The number of aryl methyl sites for hydroxylation is 1. The second kappa shape index (κ2) is 4.69. The molecule has 4 rings (SSSR count). The van der Waals surface area contributed by atoms with Crippen LogP contribution in [0.4, 0.5) is 0 Å². The minimum Gasteiger partial charge on any atom is -0.346 e. The lowest BCUT2D eigenvalue weighted by atomic mass is 9.92. The van der Waals surface area contributed by atoms with Crippen LogP contribution in [-0.2, 0) is 4.79 Å². The van der Waals surface area contributed by atoms with Crippen molar-refractivity contribution in [3.8, 4) is 0 Å². The molecule has 1 aromatic rings. The maximum atomic E-state index is 12.6. The van der Waals surface area contributed by atoms with Crippen LogP contribution in [0.25, 0.3) is 0 Å².